The highest BCUT2D eigenvalue weighted by atomic mass is 35.5. The largest absolute Gasteiger partial charge is 0.457 e. The summed E-state index contributed by atoms with van der Waals surface area (Å²) in [5.41, 5.74) is 12.9. The zero-order chi connectivity index (χ0) is 24.0. The third-order valence-electron chi connectivity index (χ3n) is 6.47. The predicted octanol–water partition coefficient (Wildman–Crippen LogP) is 3.26. The van der Waals surface area contributed by atoms with Crippen LogP contribution in [0.4, 0.5) is 0 Å². The highest BCUT2D eigenvalue weighted by molar-refractivity contribution is 6.08. The number of pyridine rings is 2. The molecule has 2 aromatic heterocycles. The number of hydrogen-bond acceptors (Lipinski definition) is 5. The van der Waals surface area contributed by atoms with E-state index in [1.54, 1.807) is 43.7 Å². The summed E-state index contributed by atoms with van der Waals surface area (Å²) in [4.78, 5) is 39.7. The Labute approximate surface area is 206 Å². The van der Waals surface area contributed by atoms with E-state index in [0.717, 1.165) is 27.6 Å². The zero-order valence-corrected chi connectivity index (χ0v) is 19.6. The van der Waals surface area contributed by atoms with Crippen LogP contribution in [0.1, 0.15) is 17.9 Å². The molecule has 2 heterocycles. The van der Waals surface area contributed by atoms with Crippen molar-refractivity contribution in [3.8, 4) is 22.6 Å². The fourth-order valence-corrected chi connectivity index (χ4v) is 4.38. The van der Waals surface area contributed by atoms with Crippen molar-refractivity contribution < 1.29 is 14.3 Å². The Morgan fingerprint density at radius 1 is 1.00 bits per heavy atom. The molecule has 0 aliphatic heterocycles. The number of benzene rings is 2. The van der Waals surface area contributed by atoms with Gasteiger partial charge in [-0.05, 0) is 59.5 Å². The molecule has 9 heteroatoms. The molecule has 2 amide bonds. The smallest absolute Gasteiger partial charge is 0.250 e. The number of amides is 2. The van der Waals surface area contributed by atoms with Gasteiger partial charge in [-0.3, -0.25) is 19.4 Å². The van der Waals surface area contributed by atoms with Crippen LogP contribution in [0.25, 0.3) is 22.0 Å². The molecule has 8 nitrogen and oxygen atoms in total. The van der Waals surface area contributed by atoms with Gasteiger partial charge in [0.1, 0.15) is 16.9 Å². The first-order valence-electron chi connectivity index (χ1n) is 10.7. The van der Waals surface area contributed by atoms with Gasteiger partial charge < -0.3 is 20.8 Å². The number of hydrogen-bond donors (Lipinski definition) is 2. The number of primary amides is 2. The molecule has 4 N–H and O–H groups in total. The number of aryl methyl sites for hydroxylation is 1. The minimum Gasteiger partial charge on any atom is -0.457 e. The van der Waals surface area contributed by atoms with Crippen molar-refractivity contribution in [3.05, 3.63) is 89.0 Å². The first-order chi connectivity index (χ1) is 16.3. The van der Waals surface area contributed by atoms with E-state index in [1.165, 1.54) is 10.6 Å². The Morgan fingerprint density at radius 3 is 2.31 bits per heavy atom. The summed E-state index contributed by atoms with van der Waals surface area (Å²) in [5.74, 6) is -0.451. The second-order valence-electron chi connectivity index (χ2n) is 8.54. The van der Waals surface area contributed by atoms with E-state index >= 15 is 0 Å². The van der Waals surface area contributed by atoms with Crippen LogP contribution in [-0.4, -0.2) is 21.4 Å². The summed E-state index contributed by atoms with van der Waals surface area (Å²) in [7, 11) is 1.72. The van der Waals surface area contributed by atoms with Gasteiger partial charge in [0.25, 0.3) is 0 Å². The third kappa shape index (κ3) is 4.13. The van der Waals surface area contributed by atoms with Crippen LogP contribution in [0.3, 0.4) is 0 Å². The number of nitrogens with two attached hydrogens (primary N) is 2. The highest BCUT2D eigenvalue weighted by Gasteiger charge is 2.64. The topological polar surface area (TPSA) is 130 Å². The van der Waals surface area contributed by atoms with E-state index in [1.807, 2.05) is 30.3 Å². The molecule has 1 fully saturated rings. The normalized spacial score (nSPS) is 15.7. The van der Waals surface area contributed by atoms with Crippen LogP contribution >= 0.6 is 12.4 Å². The van der Waals surface area contributed by atoms with Crippen LogP contribution in [-0.2, 0) is 16.6 Å². The number of fused-ring (bicyclic) bond motifs is 1. The summed E-state index contributed by atoms with van der Waals surface area (Å²) in [6, 6.07) is 18.1. The molecule has 1 saturated carbocycles. The molecule has 0 spiro atoms. The maximum absolute atomic E-state index is 11.8. The highest BCUT2D eigenvalue weighted by Crippen LogP contribution is 2.59. The van der Waals surface area contributed by atoms with Crippen molar-refractivity contribution >= 4 is 35.1 Å². The lowest BCUT2D eigenvalue weighted by atomic mass is 9.97. The first kappa shape index (κ1) is 24.0. The molecule has 1 atom stereocenters. The number of aromatic nitrogens is 2. The molecular formula is C26H23ClN4O4. The van der Waals surface area contributed by atoms with Crippen LogP contribution in [0.15, 0.2) is 77.9 Å². The average molecular weight is 491 g/mol. The molecule has 2 aromatic carbocycles. The van der Waals surface area contributed by atoms with Gasteiger partial charge in [-0.2, -0.15) is 0 Å². The summed E-state index contributed by atoms with van der Waals surface area (Å²) >= 11 is 0. The third-order valence-corrected chi connectivity index (χ3v) is 6.47. The summed E-state index contributed by atoms with van der Waals surface area (Å²) in [6.07, 6.45) is 3.79. The van der Waals surface area contributed by atoms with Gasteiger partial charge in [-0.1, -0.05) is 18.2 Å². The summed E-state index contributed by atoms with van der Waals surface area (Å²) in [6.45, 7) is 0. The average Bonchev–Trinajstić information content (AvgIpc) is 3.59. The van der Waals surface area contributed by atoms with Gasteiger partial charge in [0.05, 0.1) is 5.52 Å². The van der Waals surface area contributed by atoms with E-state index in [-0.39, 0.29) is 23.9 Å². The monoisotopic (exact) mass is 490 g/mol. The molecule has 1 unspecified atom stereocenters. The van der Waals surface area contributed by atoms with Gasteiger partial charge in [-0.25, -0.2) is 0 Å². The molecule has 35 heavy (non-hydrogen) atoms. The SMILES string of the molecule is Cl.Cn1cc(-c2ccc3c(Oc4ccc(C5CC5(C(N)=O)C(N)=O)cc4)ccnc3c2)ccc1=O. The number of rotatable bonds is 6. The molecule has 0 saturated heterocycles. The Kier molecular flexibility index (Phi) is 6.08. The summed E-state index contributed by atoms with van der Waals surface area (Å²) < 4.78 is 7.64. The Balaban J connectivity index is 0.00000289. The number of halogens is 1. The molecule has 1 aliphatic carbocycles. The van der Waals surface area contributed by atoms with Gasteiger partial charge in [0.15, 0.2) is 0 Å². The van der Waals surface area contributed by atoms with E-state index in [9.17, 15) is 14.4 Å². The maximum Gasteiger partial charge on any atom is 0.250 e. The Bertz CT molecular complexity index is 1500. The maximum atomic E-state index is 11.8. The molecule has 0 bridgehead atoms. The van der Waals surface area contributed by atoms with Crippen LogP contribution in [0.2, 0.25) is 0 Å². The minimum absolute atomic E-state index is 0. The number of carbonyl (C=O) groups is 2. The molecule has 0 radical (unpaired) electrons. The predicted molar refractivity (Wildman–Crippen MR) is 134 cm³/mol. The first-order valence-corrected chi connectivity index (χ1v) is 10.7. The van der Waals surface area contributed by atoms with E-state index in [2.05, 4.69) is 4.98 Å². The van der Waals surface area contributed by atoms with Crippen molar-refractivity contribution in [3.63, 3.8) is 0 Å². The van der Waals surface area contributed by atoms with Crippen molar-refractivity contribution in [1.29, 1.82) is 0 Å². The zero-order valence-electron chi connectivity index (χ0n) is 18.8. The van der Waals surface area contributed by atoms with Gasteiger partial charge in [0, 0.05) is 36.8 Å². The fraction of sp³-hybridized carbons (Fsp3) is 0.154. The fourth-order valence-electron chi connectivity index (χ4n) is 4.38. The quantitative estimate of drug-likeness (QED) is 0.400. The minimum atomic E-state index is -1.30. The lowest BCUT2D eigenvalue weighted by molar-refractivity contribution is -0.133. The van der Waals surface area contributed by atoms with Gasteiger partial charge >= 0.3 is 0 Å². The van der Waals surface area contributed by atoms with Crippen LogP contribution in [0, 0.1) is 5.41 Å². The van der Waals surface area contributed by atoms with Gasteiger partial charge in [0.2, 0.25) is 17.4 Å². The second kappa shape index (κ2) is 8.88. The molecule has 1 aliphatic rings. The van der Waals surface area contributed by atoms with Crippen molar-refractivity contribution in [2.24, 2.45) is 23.9 Å². The van der Waals surface area contributed by atoms with Crippen molar-refractivity contribution in [2.45, 2.75) is 12.3 Å². The Morgan fingerprint density at radius 2 is 1.69 bits per heavy atom. The van der Waals surface area contributed by atoms with Crippen LogP contribution in [0.5, 0.6) is 11.5 Å². The van der Waals surface area contributed by atoms with Crippen molar-refractivity contribution in [1.82, 2.24) is 9.55 Å². The lowest BCUT2D eigenvalue weighted by Gasteiger charge is -2.12. The molecule has 4 aromatic rings. The number of carbonyl (C=O) groups excluding carboxylic acids is 2. The molecule has 5 rings (SSSR count). The standard InChI is InChI=1S/C26H22N4O4.ClH/c1-30-14-17(5-9-23(30)31)16-4-8-19-21(12-16)29-11-10-22(19)34-18-6-2-15(3-7-18)20-13-26(20,24(27)32)25(28)33;/h2-12,14,20H,13H2,1H3,(H2,27,32)(H2,28,33);1H. The lowest BCUT2D eigenvalue weighted by Crippen LogP contribution is -2.38. The van der Waals surface area contributed by atoms with E-state index in [4.69, 9.17) is 16.2 Å². The van der Waals surface area contributed by atoms with Gasteiger partial charge in [-0.15, -0.1) is 12.4 Å². The second-order valence-corrected chi connectivity index (χ2v) is 8.54. The number of ether oxygens (including phenoxy) is 1. The van der Waals surface area contributed by atoms with Crippen LogP contribution < -0.4 is 21.8 Å². The van der Waals surface area contributed by atoms with Crippen molar-refractivity contribution in [2.75, 3.05) is 0 Å². The Hall–Kier alpha value is -4.17. The van der Waals surface area contributed by atoms with E-state index < -0.39 is 17.2 Å². The number of nitrogens with zero attached hydrogens (tertiary/aromatic N) is 2. The van der Waals surface area contributed by atoms with E-state index in [0.29, 0.717) is 17.9 Å². The summed E-state index contributed by atoms with van der Waals surface area (Å²) in [5, 5.41) is 0.837. The molecule has 178 valence electrons. The molecular weight excluding hydrogens is 468 g/mol.